The number of nitrogens with zero attached hydrogens (tertiary/aromatic N) is 6. The molecule has 2 N–H and O–H groups in total. The third-order valence-electron chi connectivity index (χ3n) is 4.97. The van der Waals surface area contributed by atoms with Crippen LogP contribution in [-0.4, -0.2) is 29.5 Å². The third-order valence-corrected chi connectivity index (χ3v) is 5.28. The van der Waals surface area contributed by atoms with Crippen molar-refractivity contribution in [1.29, 1.82) is 0 Å². The van der Waals surface area contributed by atoms with E-state index in [2.05, 4.69) is 15.0 Å². The highest BCUT2D eigenvalue weighted by molar-refractivity contribution is 6.34. The van der Waals surface area contributed by atoms with Crippen molar-refractivity contribution < 1.29 is 4.39 Å². The number of hydrogen-bond donors (Lipinski definition) is 1. The topological polar surface area (TPSA) is 95.4 Å². The van der Waals surface area contributed by atoms with Crippen LogP contribution < -0.4 is 5.73 Å². The molecule has 0 fully saturated rings. The molecule has 0 radical (unpaired) electrons. The average molecular weight is 420 g/mol. The van der Waals surface area contributed by atoms with Crippen LogP contribution in [0, 0.1) is 5.82 Å². The zero-order valence-corrected chi connectivity index (χ0v) is 16.5. The normalized spacial score (nSPS) is 12.5. The molecular weight excluding hydrogens is 405 g/mol. The number of fused-ring (bicyclic) bond motifs is 2. The Hall–Kier alpha value is -3.65. The molecule has 5 aromatic rings. The minimum atomic E-state index is -0.360. The van der Waals surface area contributed by atoms with E-state index in [1.54, 1.807) is 24.5 Å². The van der Waals surface area contributed by atoms with Crippen molar-refractivity contribution in [2.75, 3.05) is 5.73 Å². The molecular formula is C21H15ClFN7. The van der Waals surface area contributed by atoms with Crippen molar-refractivity contribution in [2.24, 2.45) is 0 Å². The van der Waals surface area contributed by atoms with Gasteiger partial charge in [0.1, 0.15) is 23.2 Å². The smallest absolute Gasteiger partial charge is 0.166 e. The lowest BCUT2D eigenvalue weighted by molar-refractivity contribution is 0.626. The van der Waals surface area contributed by atoms with E-state index in [1.165, 1.54) is 18.5 Å². The second kappa shape index (κ2) is 7.00. The van der Waals surface area contributed by atoms with Gasteiger partial charge in [0.2, 0.25) is 0 Å². The first-order valence-corrected chi connectivity index (χ1v) is 9.56. The van der Waals surface area contributed by atoms with Crippen LogP contribution in [0.5, 0.6) is 0 Å². The Balaban J connectivity index is 1.78. The number of anilines is 1. The lowest BCUT2D eigenvalue weighted by Gasteiger charge is -2.18. The van der Waals surface area contributed by atoms with E-state index in [0.717, 1.165) is 0 Å². The Kier molecular flexibility index (Phi) is 4.29. The van der Waals surface area contributed by atoms with Gasteiger partial charge in [-0.25, -0.2) is 29.3 Å². The molecule has 0 bridgehead atoms. The fourth-order valence-corrected chi connectivity index (χ4v) is 3.69. The largest absolute Gasteiger partial charge is 0.382 e. The first-order valence-electron chi connectivity index (χ1n) is 9.18. The molecule has 1 atom stereocenters. The first-order chi connectivity index (χ1) is 14.5. The Morgan fingerprint density at radius 1 is 1.03 bits per heavy atom. The van der Waals surface area contributed by atoms with Gasteiger partial charge < -0.3 is 10.3 Å². The number of hydrogen-bond acceptors (Lipinski definition) is 6. The van der Waals surface area contributed by atoms with Gasteiger partial charge in [-0.05, 0) is 31.2 Å². The predicted molar refractivity (Wildman–Crippen MR) is 113 cm³/mol. The highest BCUT2D eigenvalue weighted by Gasteiger charge is 2.22. The molecule has 0 saturated heterocycles. The van der Waals surface area contributed by atoms with Gasteiger partial charge in [0, 0.05) is 5.56 Å². The first kappa shape index (κ1) is 18.4. The SMILES string of the molecule is CC(c1nc2cccc(Cl)c2nc1-c1cccc(F)c1)n1cnc2c(N)ncnc21. The standard InChI is InChI=1S/C21H15ClFN7/c1-11(30-10-27-19-20(24)25-9-26-21(19)30)16-17(12-4-2-5-13(23)8-12)29-18-14(22)6-3-7-15(18)28-16/h2-11H,1H3,(H2,24,25,26). The van der Waals surface area contributed by atoms with Gasteiger partial charge in [-0.2, -0.15) is 0 Å². The summed E-state index contributed by atoms with van der Waals surface area (Å²) < 4.78 is 15.8. The van der Waals surface area contributed by atoms with Crippen molar-refractivity contribution in [2.45, 2.75) is 13.0 Å². The van der Waals surface area contributed by atoms with Gasteiger partial charge in [-0.15, -0.1) is 0 Å². The van der Waals surface area contributed by atoms with E-state index in [4.69, 9.17) is 27.3 Å². The van der Waals surface area contributed by atoms with Crippen LogP contribution in [0.2, 0.25) is 5.02 Å². The van der Waals surface area contributed by atoms with Crippen LogP contribution in [0.15, 0.2) is 55.1 Å². The monoisotopic (exact) mass is 419 g/mol. The van der Waals surface area contributed by atoms with Crippen LogP contribution in [0.4, 0.5) is 10.2 Å². The van der Waals surface area contributed by atoms with Crippen molar-refractivity contribution in [1.82, 2.24) is 29.5 Å². The number of benzene rings is 2. The molecule has 30 heavy (non-hydrogen) atoms. The second-order valence-corrected chi connectivity index (χ2v) is 7.24. The molecule has 0 aliphatic heterocycles. The summed E-state index contributed by atoms with van der Waals surface area (Å²) >= 11 is 6.35. The van der Waals surface area contributed by atoms with E-state index in [0.29, 0.717) is 50.0 Å². The van der Waals surface area contributed by atoms with Gasteiger partial charge in [0.15, 0.2) is 11.5 Å². The number of para-hydroxylation sites is 1. The van der Waals surface area contributed by atoms with Crippen LogP contribution in [-0.2, 0) is 0 Å². The number of rotatable bonds is 3. The third kappa shape index (κ3) is 2.93. The average Bonchev–Trinajstić information content (AvgIpc) is 3.18. The van der Waals surface area contributed by atoms with Crippen molar-refractivity contribution in [3.8, 4) is 11.3 Å². The van der Waals surface area contributed by atoms with Gasteiger partial charge in [-0.3, -0.25) is 0 Å². The van der Waals surface area contributed by atoms with E-state index < -0.39 is 0 Å². The van der Waals surface area contributed by atoms with E-state index in [-0.39, 0.29) is 11.9 Å². The summed E-state index contributed by atoms with van der Waals surface area (Å²) in [6.45, 7) is 1.95. The molecule has 0 aliphatic rings. The number of aromatic nitrogens is 6. The predicted octanol–water partition coefficient (Wildman–Crippen LogP) is 4.42. The fraction of sp³-hybridized carbons (Fsp3) is 0.0952. The molecule has 5 rings (SSSR count). The maximum atomic E-state index is 14.0. The van der Waals surface area contributed by atoms with E-state index >= 15 is 0 Å². The van der Waals surface area contributed by atoms with Crippen LogP contribution >= 0.6 is 11.6 Å². The van der Waals surface area contributed by atoms with E-state index in [9.17, 15) is 4.39 Å². The summed E-state index contributed by atoms with van der Waals surface area (Å²) in [5, 5.41) is 0.477. The van der Waals surface area contributed by atoms with Crippen LogP contribution in [0.25, 0.3) is 33.5 Å². The molecule has 7 nitrogen and oxygen atoms in total. The van der Waals surface area contributed by atoms with Gasteiger partial charge >= 0.3 is 0 Å². The zero-order valence-electron chi connectivity index (χ0n) is 15.8. The molecule has 0 spiro atoms. The number of halogens is 2. The Bertz CT molecular complexity index is 1420. The summed E-state index contributed by atoms with van der Waals surface area (Å²) in [6, 6.07) is 11.3. The Morgan fingerprint density at radius 2 is 1.87 bits per heavy atom. The highest BCUT2D eigenvalue weighted by atomic mass is 35.5. The number of nitrogen functional groups attached to an aromatic ring is 1. The molecule has 3 aromatic heterocycles. The Labute approximate surface area is 175 Å². The summed E-state index contributed by atoms with van der Waals surface area (Å²) in [5.41, 5.74) is 9.97. The maximum Gasteiger partial charge on any atom is 0.166 e. The molecule has 9 heteroatoms. The highest BCUT2D eigenvalue weighted by Crippen LogP contribution is 2.33. The van der Waals surface area contributed by atoms with Gasteiger partial charge in [-0.1, -0.05) is 29.8 Å². The second-order valence-electron chi connectivity index (χ2n) is 6.83. The Morgan fingerprint density at radius 3 is 2.70 bits per heavy atom. The summed E-state index contributed by atoms with van der Waals surface area (Å²) in [4.78, 5) is 22.2. The van der Waals surface area contributed by atoms with Gasteiger partial charge in [0.25, 0.3) is 0 Å². The lowest BCUT2D eigenvalue weighted by Crippen LogP contribution is -2.12. The van der Waals surface area contributed by atoms with Crippen molar-refractivity contribution in [3.05, 3.63) is 71.7 Å². The van der Waals surface area contributed by atoms with Gasteiger partial charge in [0.05, 0.1) is 34.3 Å². The summed E-state index contributed by atoms with van der Waals surface area (Å²) in [5.74, 6) is -0.0616. The molecule has 0 amide bonds. The molecule has 3 heterocycles. The molecule has 148 valence electrons. The van der Waals surface area contributed by atoms with Crippen LogP contribution in [0.3, 0.4) is 0 Å². The molecule has 0 saturated carbocycles. The lowest BCUT2D eigenvalue weighted by atomic mass is 10.0. The molecule has 1 unspecified atom stereocenters. The quantitative estimate of drug-likeness (QED) is 0.465. The number of imidazole rings is 1. The summed E-state index contributed by atoms with van der Waals surface area (Å²) in [6.07, 6.45) is 3.03. The molecule has 2 aromatic carbocycles. The number of nitrogens with two attached hydrogens (primary N) is 1. The van der Waals surface area contributed by atoms with Crippen molar-refractivity contribution >= 4 is 39.6 Å². The maximum absolute atomic E-state index is 14.0. The minimum Gasteiger partial charge on any atom is -0.382 e. The summed E-state index contributed by atoms with van der Waals surface area (Å²) in [7, 11) is 0. The fourth-order valence-electron chi connectivity index (χ4n) is 3.48. The zero-order chi connectivity index (χ0) is 20.8. The molecule has 0 aliphatic carbocycles. The van der Waals surface area contributed by atoms with E-state index in [1.807, 2.05) is 23.6 Å². The van der Waals surface area contributed by atoms with Crippen molar-refractivity contribution in [3.63, 3.8) is 0 Å². The van der Waals surface area contributed by atoms with Crippen LogP contribution in [0.1, 0.15) is 18.7 Å². The minimum absolute atomic E-state index is 0.299.